The van der Waals surface area contributed by atoms with Gasteiger partial charge in [0.15, 0.2) is 0 Å². The first kappa shape index (κ1) is 15.0. The Labute approximate surface area is 113 Å². The van der Waals surface area contributed by atoms with Gasteiger partial charge in [-0.1, -0.05) is 32.9 Å². The summed E-state index contributed by atoms with van der Waals surface area (Å²) in [5.41, 5.74) is 6.67. The van der Waals surface area contributed by atoms with E-state index in [0.717, 1.165) is 0 Å². The Morgan fingerprint density at radius 1 is 1.26 bits per heavy atom. The first-order chi connectivity index (χ1) is 8.84. The molecule has 1 unspecified atom stereocenters. The van der Waals surface area contributed by atoms with Crippen LogP contribution in [0.2, 0.25) is 0 Å². The van der Waals surface area contributed by atoms with Crippen molar-refractivity contribution in [3.05, 3.63) is 24.3 Å². The van der Waals surface area contributed by atoms with Crippen LogP contribution in [-0.4, -0.2) is 23.5 Å². The van der Waals surface area contributed by atoms with Crippen LogP contribution in [0.15, 0.2) is 24.3 Å². The Morgan fingerprint density at radius 3 is 2.32 bits per heavy atom. The number of nitrogens with zero attached hydrogens (tertiary/aromatic N) is 1. The maximum absolute atomic E-state index is 12.4. The standard InChI is InChI=1S/C14H20N2O3/c1-9(2)10(3)14(19)16(8-13(17)18)12-7-5-4-6-11(12)15/h4-7,9-10H,8,15H2,1-3H3,(H,17,18). The topological polar surface area (TPSA) is 83.6 Å². The molecule has 1 atom stereocenters. The first-order valence-electron chi connectivity index (χ1n) is 6.22. The van der Waals surface area contributed by atoms with E-state index in [1.54, 1.807) is 31.2 Å². The summed E-state index contributed by atoms with van der Waals surface area (Å²) in [5, 5.41) is 8.97. The van der Waals surface area contributed by atoms with Crippen molar-refractivity contribution in [1.82, 2.24) is 0 Å². The van der Waals surface area contributed by atoms with Crippen LogP contribution in [0.25, 0.3) is 0 Å². The van der Waals surface area contributed by atoms with Crippen LogP contribution in [0.1, 0.15) is 20.8 Å². The number of amides is 1. The summed E-state index contributed by atoms with van der Waals surface area (Å²) >= 11 is 0. The molecule has 0 saturated heterocycles. The molecule has 1 rings (SSSR count). The number of nitrogens with two attached hydrogens (primary N) is 1. The molecule has 0 bridgehead atoms. The number of carbonyl (C=O) groups is 2. The van der Waals surface area contributed by atoms with Gasteiger partial charge in [0.25, 0.3) is 0 Å². The van der Waals surface area contributed by atoms with E-state index < -0.39 is 5.97 Å². The lowest BCUT2D eigenvalue weighted by Gasteiger charge is -2.27. The van der Waals surface area contributed by atoms with Crippen molar-refractivity contribution >= 4 is 23.3 Å². The third-order valence-electron chi connectivity index (χ3n) is 3.18. The molecule has 1 amide bonds. The van der Waals surface area contributed by atoms with Gasteiger partial charge in [0.2, 0.25) is 5.91 Å². The molecule has 19 heavy (non-hydrogen) atoms. The Morgan fingerprint density at radius 2 is 1.84 bits per heavy atom. The first-order valence-corrected chi connectivity index (χ1v) is 6.22. The molecule has 3 N–H and O–H groups in total. The van der Waals surface area contributed by atoms with Crippen LogP contribution in [0, 0.1) is 11.8 Å². The largest absolute Gasteiger partial charge is 0.480 e. The number of hydrogen-bond acceptors (Lipinski definition) is 3. The molecule has 5 nitrogen and oxygen atoms in total. The van der Waals surface area contributed by atoms with Gasteiger partial charge in [0, 0.05) is 5.92 Å². The molecule has 0 radical (unpaired) electrons. The van der Waals surface area contributed by atoms with Crippen LogP contribution in [-0.2, 0) is 9.59 Å². The van der Waals surface area contributed by atoms with Crippen LogP contribution in [0.4, 0.5) is 11.4 Å². The van der Waals surface area contributed by atoms with Crippen LogP contribution >= 0.6 is 0 Å². The Kier molecular flexibility index (Phi) is 4.92. The fraction of sp³-hybridized carbons (Fsp3) is 0.429. The van der Waals surface area contributed by atoms with E-state index in [4.69, 9.17) is 10.8 Å². The number of para-hydroxylation sites is 2. The highest BCUT2D eigenvalue weighted by Gasteiger charge is 2.26. The number of carboxylic acids is 1. The highest BCUT2D eigenvalue weighted by molar-refractivity contribution is 6.00. The molecule has 1 aromatic rings. The maximum Gasteiger partial charge on any atom is 0.323 e. The van der Waals surface area contributed by atoms with E-state index in [-0.39, 0.29) is 24.3 Å². The molecule has 104 valence electrons. The molecule has 0 spiro atoms. The van der Waals surface area contributed by atoms with Crippen molar-refractivity contribution in [3.63, 3.8) is 0 Å². The number of benzene rings is 1. The predicted molar refractivity (Wildman–Crippen MR) is 74.8 cm³/mol. The molecule has 0 aliphatic carbocycles. The second-order valence-corrected chi connectivity index (χ2v) is 4.91. The van der Waals surface area contributed by atoms with Gasteiger partial charge in [-0.25, -0.2) is 0 Å². The smallest absolute Gasteiger partial charge is 0.323 e. The van der Waals surface area contributed by atoms with Gasteiger partial charge in [-0.05, 0) is 18.1 Å². The highest BCUT2D eigenvalue weighted by Crippen LogP contribution is 2.25. The molecule has 0 aliphatic heterocycles. The van der Waals surface area contributed by atoms with Crippen LogP contribution in [0.5, 0.6) is 0 Å². The van der Waals surface area contributed by atoms with Gasteiger partial charge in [-0.15, -0.1) is 0 Å². The summed E-state index contributed by atoms with van der Waals surface area (Å²) in [6, 6.07) is 6.78. The number of anilines is 2. The van der Waals surface area contributed by atoms with Crippen molar-refractivity contribution in [2.24, 2.45) is 11.8 Å². The molecule has 1 aromatic carbocycles. The maximum atomic E-state index is 12.4. The zero-order chi connectivity index (χ0) is 14.6. The predicted octanol–water partition coefficient (Wildman–Crippen LogP) is 1.98. The van der Waals surface area contributed by atoms with Crippen LogP contribution < -0.4 is 10.6 Å². The Hall–Kier alpha value is -2.04. The minimum atomic E-state index is -1.06. The summed E-state index contributed by atoms with van der Waals surface area (Å²) in [4.78, 5) is 24.6. The lowest BCUT2D eigenvalue weighted by Crippen LogP contribution is -2.40. The van der Waals surface area contributed by atoms with Gasteiger partial charge in [-0.2, -0.15) is 0 Å². The second kappa shape index (κ2) is 6.22. The lowest BCUT2D eigenvalue weighted by atomic mass is 9.96. The van der Waals surface area contributed by atoms with Gasteiger partial charge >= 0.3 is 5.97 Å². The average Bonchev–Trinajstić information content (AvgIpc) is 2.34. The van der Waals surface area contributed by atoms with Gasteiger partial charge in [0.05, 0.1) is 11.4 Å². The number of carboxylic acid groups (broad SMARTS) is 1. The van der Waals surface area contributed by atoms with Gasteiger partial charge in [0.1, 0.15) is 6.54 Å². The van der Waals surface area contributed by atoms with Gasteiger partial charge < -0.3 is 10.8 Å². The quantitative estimate of drug-likeness (QED) is 0.796. The third kappa shape index (κ3) is 3.71. The zero-order valence-electron chi connectivity index (χ0n) is 11.5. The van der Waals surface area contributed by atoms with E-state index in [2.05, 4.69) is 0 Å². The van der Waals surface area contributed by atoms with Crippen molar-refractivity contribution in [2.45, 2.75) is 20.8 Å². The lowest BCUT2D eigenvalue weighted by molar-refractivity contribution is -0.137. The molecular weight excluding hydrogens is 244 g/mol. The average molecular weight is 264 g/mol. The van der Waals surface area contributed by atoms with E-state index in [1.807, 2.05) is 13.8 Å². The van der Waals surface area contributed by atoms with Crippen LogP contribution in [0.3, 0.4) is 0 Å². The number of carbonyl (C=O) groups excluding carboxylic acids is 1. The zero-order valence-corrected chi connectivity index (χ0v) is 11.5. The molecule has 0 aromatic heterocycles. The summed E-state index contributed by atoms with van der Waals surface area (Å²) in [5.74, 6) is -1.42. The summed E-state index contributed by atoms with van der Waals surface area (Å²) in [6.45, 7) is 5.26. The minimum absolute atomic E-state index is 0.133. The number of rotatable bonds is 5. The van der Waals surface area contributed by atoms with E-state index in [0.29, 0.717) is 11.4 Å². The Balaban J connectivity index is 3.12. The molecule has 0 saturated carbocycles. The molecule has 0 fully saturated rings. The fourth-order valence-electron chi connectivity index (χ4n) is 1.68. The van der Waals surface area contributed by atoms with E-state index >= 15 is 0 Å². The number of aliphatic carboxylic acids is 1. The normalized spacial score (nSPS) is 12.2. The summed E-state index contributed by atoms with van der Waals surface area (Å²) in [7, 11) is 0. The minimum Gasteiger partial charge on any atom is -0.480 e. The summed E-state index contributed by atoms with van der Waals surface area (Å²) in [6.07, 6.45) is 0. The fourth-order valence-corrected chi connectivity index (χ4v) is 1.68. The molecule has 0 aliphatic rings. The van der Waals surface area contributed by atoms with Crippen molar-refractivity contribution in [2.75, 3.05) is 17.2 Å². The van der Waals surface area contributed by atoms with Gasteiger partial charge in [-0.3, -0.25) is 14.5 Å². The van der Waals surface area contributed by atoms with E-state index in [9.17, 15) is 9.59 Å². The summed E-state index contributed by atoms with van der Waals surface area (Å²) < 4.78 is 0. The highest BCUT2D eigenvalue weighted by atomic mass is 16.4. The molecular formula is C14H20N2O3. The van der Waals surface area contributed by atoms with Crippen molar-refractivity contribution in [3.8, 4) is 0 Å². The third-order valence-corrected chi connectivity index (χ3v) is 3.18. The molecule has 0 heterocycles. The van der Waals surface area contributed by atoms with Crippen molar-refractivity contribution in [1.29, 1.82) is 0 Å². The van der Waals surface area contributed by atoms with E-state index in [1.165, 1.54) is 4.90 Å². The molecule has 5 heteroatoms. The number of nitrogen functional groups attached to an aromatic ring is 1. The monoisotopic (exact) mass is 264 g/mol. The SMILES string of the molecule is CC(C)C(C)C(=O)N(CC(=O)O)c1ccccc1N. The number of hydrogen-bond donors (Lipinski definition) is 2. The Bertz CT molecular complexity index is 472. The second-order valence-electron chi connectivity index (χ2n) is 4.91. The van der Waals surface area contributed by atoms with Crippen molar-refractivity contribution < 1.29 is 14.7 Å².